The molecule has 0 nitrogen and oxygen atoms in total. The highest BCUT2D eigenvalue weighted by Gasteiger charge is 2.35. The first-order valence-electron chi connectivity index (χ1n) is 18.2. The summed E-state index contributed by atoms with van der Waals surface area (Å²) in [5, 5.41) is 0. The van der Waals surface area contributed by atoms with Crippen LogP contribution in [0.4, 0.5) is 35.1 Å². The van der Waals surface area contributed by atoms with E-state index >= 15 is 0 Å². The summed E-state index contributed by atoms with van der Waals surface area (Å²) >= 11 is 0. The second-order valence-corrected chi connectivity index (χ2v) is 13.3. The van der Waals surface area contributed by atoms with E-state index < -0.39 is 35.1 Å². The lowest BCUT2D eigenvalue weighted by atomic mass is 9.78. The van der Waals surface area contributed by atoms with E-state index in [1.165, 1.54) is 12.1 Å². The van der Waals surface area contributed by atoms with Gasteiger partial charge in [0, 0.05) is 0 Å². The van der Waals surface area contributed by atoms with Gasteiger partial charge in [0.2, 0.25) is 0 Å². The first-order valence-corrected chi connectivity index (χ1v) is 18.2. The van der Waals surface area contributed by atoms with Crippen LogP contribution in [0.5, 0.6) is 0 Å². The minimum atomic E-state index is -4.87. The third-order valence-corrected chi connectivity index (χ3v) is 9.74. The molecule has 0 amide bonds. The molecular weight excluding hydrogens is 753 g/mol. The maximum Gasteiger partial charge on any atom is 0.419 e. The monoisotopic (exact) mass is 788 g/mol. The summed E-state index contributed by atoms with van der Waals surface area (Å²) in [6.45, 7) is 11.8. The average molecular weight is 789 g/mol. The highest BCUT2D eigenvalue weighted by molar-refractivity contribution is 6.05. The summed E-state index contributed by atoms with van der Waals surface area (Å²) in [4.78, 5) is 0. The van der Waals surface area contributed by atoms with E-state index in [0.717, 1.165) is 74.3 Å². The van der Waals surface area contributed by atoms with Crippen LogP contribution in [-0.2, 0) is 12.4 Å². The Kier molecular flexibility index (Phi) is 12.0. The quantitative estimate of drug-likeness (QED) is 0.0958. The van der Waals surface area contributed by atoms with Gasteiger partial charge in [-0.25, -0.2) is 8.78 Å². The van der Waals surface area contributed by atoms with Crippen molar-refractivity contribution in [1.82, 2.24) is 0 Å². The number of hydrogen-bond donors (Lipinski definition) is 0. The Morgan fingerprint density at radius 1 is 0.517 bits per heavy atom. The van der Waals surface area contributed by atoms with Crippen LogP contribution >= 0.6 is 0 Å². The molecule has 292 valence electrons. The molecule has 0 aromatic heterocycles. The predicted octanol–water partition coefficient (Wildman–Crippen LogP) is 16.1. The fraction of sp³-hybridized carbons (Fsp3) is 0.0800. The number of halogens is 8. The molecule has 0 saturated heterocycles. The van der Waals surface area contributed by atoms with E-state index in [1.54, 1.807) is 36.4 Å². The number of benzene rings is 6. The summed E-state index contributed by atoms with van der Waals surface area (Å²) in [7, 11) is 0. The molecule has 0 bridgehead atoms. The summed E-state index contributed by atoms with van der Waals surface area (Å²) in [6.07, 6.45) is 1.28. The largest absolute Gasteiger partial charge is 0.419 e. The molecule has 6 aromatic rings. The summed E-state index contributed by atoms with van der Waals surface area (Å²) in [6, 6.07) is 31.5. The van der Waals surface area contributed by atoms with Crippen molar-refractivity contribution < 1.29 is 35.1 Å². The smallest absolute Gasteiger partial charge is 0.206 e. The van der Waals surface area contributed by atoms with E-state index in [0.29, 0.717) is 16.7 Å². The van der Waals surface area contributed by atoms with Crippen molar-refractivity contribution in [3.05, 3.63) is 205 Å². The van der Waals surface area contributed by atoms with Crippen molar-refractivity contribution in [2.75, 3.05) is 0 Å². The van der Waals surface area contributed by atoms with Gasteiger partial charge in [-0.2, -0.15) is 26.3 Å². The van der Waals surface area contributed by atoms with E-state index in [2.05, 4.69) is 13.2 Å². The van der Waals surface area contributed by atoms with Gasteiger partial charge in [-0.15, -0.1) is 0 Å². The van der Waals surface area contributed by atoms with E-state index in [4.69, 9.17) is 0 Å². The second kappa shape index (κ2) is 16.9. The molecule has 0 heterocycles. The molecule has 0 aliphatic heterocycles. The molecule has 0 saturated carbocycles. The van der Waals surface area contributed by atoms with Gasteiger partial charge in [-0.3, -0.25) is 0 Å². The zero-order valence-corrected chi connectivity index (χ0v) is 31.4. The van der Waals surface area contributed by atoms with Crippen LogP contribution in [0.15, 0.2) is 171 Å². The first kappa shape index (κ1) is 41.1. The van der Waals surface area contributed by atoms with Gasteiger partial charge in [-0.05, 0) is 122 Å². The lowest BCUT2D eigenvalue weighted by Crippen LogP contribution is -2.08. The highest BCUT2D eigenvalue weighted by Crippen LogP contribution is 2.48. The number of allylic oxidation sites excluding steroid dienone is 8. The molecule has 0 fully saturated rings. The van der Waals surface area contributed by atoms with Crippen LogP contribution < -0.4 is 0 Å². The minimum Gasteiger partial charge on any atom is -0.206 e. The third-order valence-electron chi connectivity index (χ3n) is 9.74. The molecule has 8 heteroatoms. The molecule has 0 spiro atoms. The molecule has 58 heavy (non-hydrogen) atoms. The molecular formula is C50H36F8. The van der Waals surface area contributed by atoms with E-state index in [1.807, 2.05) is 98.8 Å². The Morgan fingerprint density at radius 2 is 0.983 bits per heavy atom. The minimum absolute atomic E-state index is 0.196. The summed E-state index contributed by atoms with van der Waals surface area (Å²) in [5.41, 5.74) is 6.44. The normalized spacial score (nSPS) is 12.6. The molecule has 0 unspecified atom stereocenters. The number of rotatable bonds is 10. The molecule has 0 radical (unpaired) electrons. The lowest BCUT2D eigenvalue weighted by molar-refractivity contribution is -0.140. The Bertz CT molecular complexity index is 2570. The number of hydrogen-bond acceptors (Lipinski definition) is 0. The molecule has 0 atom stereocenters. The maximum atomic E-state index is 14.2. The van der Waals surface area contributed by atoms with Gasteiger partial charge in [0.15, 0.2) is 0 Å². The zero-order chi connectivity index (χ0) is 41.8. The molecule has 0 aliphatic carbocycles. The molecule has 0 aliphatic rings. The van der Waals surface area contributed by atoms with Gasteiger partial charge in [0.25, 0.3) is 0 Å². The van der Waals surface area contributed by atoms with E-state index in [-0.39, 0.29) is 11.1 Å². The fourth-order valence-corrected chi connectivity index (χ4v) is 7.05. The summed E-state index contributed by atoms with van der Waals surface area (Å²) < 4.78 is 110. The van der Waals surface area contributed by atoms with E-state index in [9.17, 15) is 35.1 Å². The van der Waals surface area contributed by atoms with Crippen molar-refractivity contribution in [2.45, 2.75) is 26.2 Å². The van der Waals surface area contributed by atoms with Crippen LogP contribution in [0.25, 0.3) is 66.8 Å². The van der Waals surface area contributed by atoms with Crippen LogP contribution in [0.1, 0.15) is 36.1 Å². The van der Waals surface area contributed by atoms with Crippen molar-refractivity contribution in [3.63, 3.8) is 0 Å². The lowest BCUT2D eigenvalue weighted by Gasteiger charge is -2.25. The van der Waals surface area contributed by atoms with Gasteiger partial charge in [0.05, 0.1) is 11.1 Å². The predicted molar refractivity (Wildman–Crippen MR) is 220 cm³/mol. The molecule has 6 rings (SSSR count). The molecule has 0 N–H and O–H groups in total. The van der Waals surface area contributed by atoms with Gasteiger partial charge in [-0.1, -0.05) is 141 Å². The van der Waals surface area contributed by atoms with Crippen molar-refractivity contribution in [1.29, 1.82) is 0 Å². The average Bonchev–Trinajstić information content (AvgIpc) is 3.21. The van der Waals surface area contributed by atoms with Crippen LogP contribution in [0, 0.1) is 11.6 Å². The Hall–Kier alpha value is -6.54. The SMILES string of the molecule is C=C/C=C(\C=C)c1cc(-c2ccc(-c3ccc(F)c(C(F)(F)F)c3)cc2)c(-c2ccccc2)c(C(/C=C\C)=C/C)c1-c1ccc(-c2ccc(F)c(C(F)(F)F)c2)cc1. The second-order valence-electron chi connectivity index (χ2n) is 13.3. The van der Waals surface area contributed by atoms with Gasteiger partial charge >= 0.3 is 12.4 Å². The van der Waals surface area contributed by atoms with Crippen LogP contribution in [0.2, 0.25) is 0 Å². The molecule has 6 aromatic carbocycles. The van der Waals surface area contributed by atoms with Gasteiger partial charge < -0.3 is 0 Å². The van der Waals surface area contributed by atoms with Crippen LogP contribution in [0.3, 0.4) is 0 Å². The zero-order valence-electron chi connectivity index (χ0n) is 31.4. The third kappa shape index (κ3) is 8.42. The van der Waals surface area contributed by atoms with Crippen molar-refractivity contribution in [2.24, 2.45) is 0 Å². The fourth-order valence-electron chi connectivity index (χ4n) is 7.05. The van der Waals surface area contributed by atoms with Crippen molar-refractivity contribution >= 4 is 11.1 Å². The first-order chi connectivity index (χ1) is 27.7. The number of alkyl halides is 6. The van der Waals surface area contributed by atoms with Crippen molar-refractivity contribution in [3.8, 4) is 55.6 Å². The Morgan fingerprint density at radius 3 is 1.43 bits per heavy atom. The topological polar surface area (TPSA) is 0 Å². The Labute approximate surface area is 332 Å². The van der Waals surface area contributed by atoms with Crippen LogP contribution in [-0.4, -0.2) is 0 Å². The summed E-state index contributed by atoms with van der Waals surface area (Å²) in [5.74, 6) is -2.71. The standard InChI is InChI=1S/C50H36F8/c1-5-12-31(7-3)40-30-41(35-20-16-33(17-21-35)38-24-26-44(51)42(28-38)49(53,54)55)46(36-14-10-9-11-15-36)48(32(8-4)13-6-2)47(40)37-22-18-34(19-23-37)39-25-27-45(52)43(29-39)50(56,57)58/h5-30H,1,3H2,2,4H3/b13-6-,31-12+,32-8+. The maximum absolute atomic E-state index is 14.2. The van der Waals surface area contributed by atoms with Gasteiger partial charge in [0.1, 0.15) is 11.6 Å². The Balaban J connectivity index is 1.66. The highest BCUT2D eigenvalue weighted by atomic mass is 19.4.